The standard InChI is InChI=1S/C10H7Cl2F3/c11-6-8(9(12)10(13,14)15)7-4-2-1-3-5-7/h1-5H,6H2. The van der Waals surface area contributed by atoms with Crippen molar-refractivity contribution in [1.29, 1.82) is 0 Å². The Morgan fingerprint density at radius 1 is 1.13 bits per heavy atom. The largest absolute Gasteiger partial charge is 0.427 e. The van der Waals surface area contributed by atoms with Crippen LogP contribution in [0.5, 0.6) is 0 Å². The fraction of sp³-hybridized carbons (Fsp3) is 0.200. The maximum Gasteiger partial charge on any atom is 0.427 e. The molecule has 0 aliphatic carbocycles. The van der Waals surface area contributed by atoms with Gasteiger partial charge in [0.1, 0.15) is 5.03 Å². The van der Waals surface area contributed by atoms with Crippen molar-refractivity contribution in [1.82, 2.24) is 0 Å². The van der Waals surface area contributed by atoms with E-state index in [1.54, 1.807) is 18.2 Å². The summed E-state index contributed by atoms with van der Waals surface area (Å²) in [6.07, 6.45) is -4.55. The molecule has 0 atom stereocenters. The molecule has 82 valence electrons. The molecule has 0 aromatic heterocycles. The summed E-state index contributed by atoms with van der Waals surface area (Å²) in [5, 5.41) is -1.16. The van der Waals surface area contributed by atoms with Gasteiger partial charge in [0, 0.05) is 5.88 Å². The Morgan fingerprint density at radius 2 is 1.67 bits per heavy atom. The van der Waals surface area contributed by atoms with E-state index in [-0.39, 0.29) is 11.5 Å². The summed E-state index contributed by atoms with van der Waals surface area (Å²) in [5.74, 6) is -0.275. The molecule has 0 N–H and O–H groups in total. The van der Waals surface area contributed by atoms with Crippen molar-refractivity contribution in [3.63, 3.8) is 0 Å². The maximum atomic E-state index is 12.3. The highest BCUT2D eigenvalue weighted by atomic mass is 35.5. The van der Waals surface area contributed by atoms with E-state index in [4.69, 9.17) is 23.2 Å². The fourth-order valence-electron chi connectivity index (χ4n) is 1.07. The van der Waals surface area contributed by atoms with Gasteiger partial charge in [0.25, 0.3) is 0 Å². The van der Waals surface area contributed by atoms with Gasteiger partial charge in [-0.2, -0.15) is 13.2 Å². The number of rotatable bonds is 2. The van der Waals surface area contributed by atoms with Crippen LogP contribution in [-0.2, 0) is 0 Å². The third-order valence-corrected chi connectivity index (χ3v) is 2.48. The van der Waals surface area contributed by atoms with Gasteiger partial charge in [0.05, 0.1) is 0 Å². The molecule has 0 radical (unpaired) electrons. The molecule has 0 heterocycles. The second kappa shape index (κ2) is 4.90. The molecular formula is C10H7Cl2F3. The fourth-order valence-corrected chi connectivity index (χ4v) is 1.61. The summed E-state index contributed by atoms with van der Waals surface area (Å²) in [5.41, 5.74) is 0.279. The molecule has 5 heteroatoms. The van der Waals surface area contributed by atoms with Gasteiger partial charge in [-0.1, -0.05) is 41.9 Å². The summed E-state index contributed by atoms with van der Waals surface area (Å²) >= 11 is 10.7. The van der Waals surface area contributed by atoms with Crippen LogP contribution in [0.4, 0.5) is 13.2 Å². The Morgan fingerprint density at radius 3 is 2.07 bits per heavy atom. The van der Waals surface area contributed by atoms with Gasteiger partial charge in [-0.15, -0.1) is 11.6 Å². The molecule has 1 aromatic carbocycles. The molecule has 1 rings (SSSR count). The van der Waals surface area contributed by atoms with Gasteiger partial charge in [0.15, 0.2) is 0 Å². The maximum absolute atomic E-state index is 12.3. The minimum absolute atomic E-state index is 0.105. The Kier molecular flexibility index (Phi) is 4.05. The smallest absolute Gasteiger partial charge is 0.165 e. The minimum Gasteiger partial charge on any atom is -0.165 e. The summed E-state index contributed by atoms with van der Waals surface area (Å²) < 4.78 is 37.0. The molecular weight excluding hydrogens is 248 g/mol. The van der Waals surface area contributed by atoms with Gasteiger partial charge in [-0.05, 0) is 11.1 Å². The van der Waals surface area contributed by atoms with Gasteiger partial charge in [-0.25, -0.2) is 0 Å². The third-order valence-electron chi connectivity index (χ3n) is 1.77. The van der Waals surface area contributed by atoms with E-state index in [0.29, 0.717) is 5.56 Å². The van der Waals surface area contributed by atoms with Crippen LogP contribution in [0.25, 0.3) is 5.57 Å². The van der Waals surface area contributed by atoms with Crippen LogP contribution in [0.2, 0.25) is 0 Å². The van der Waals surface area contributed by atoms with Crippen molar-refractivity contribution in [3.8, 4) is 0 Å². The van der Waals surface area contributed by atoms with E-state index < -0.39 is 11.2 Å². The number of hydrogen-bond acceptors (Lipinski definition) is 0. The lowest BCUT2D eigenvalue weighted by Crippen LogP contribution is -2.10. The molecule has 15 heavy (non-hydrogen) atoms. The van der Waals surface area contributed by atoms with Gasteiger partial charge in [0.2, 0.25) is 0 Å². The summed E-state index contributed by atoms with van der Waals surface area (Å²) in [4.78, 5) is 0. The van der Waals surface area contributed by atoms with E-state index in [1.165, 1.54) is 12.1 Å². The molecule has 0 saturated heterocycles. The Labute approximate surface area is 95.3 Å². The predicted octanol–water partition coefficient (Wildman–Crippen LogP) is 4.44. The Hall–Kier alpha value is -0.670. The average molecular weight is 255 g/mol. The van der Waals surface area contributed by atoms with Crippen molar-refractivity contribution in [3.05, 3.63) is 40.9 Å². The number of benzene rings is 1. The zero-order valence-electron chi connectivity index (χ0n) is 7.48. The third kappa shape index (κ3) is 3.14. The Bertz CT molecular complexity index is 355. The van der Waals surface area contributed by atoms with Crippen LogP contribution in [0.3, 0.4) is 0 Å². The van der Waals surface area contributed by atoms with Crippen molar-refractivity contribution < 1.29 is 13.2 Å². The highest BCUT2D eigenvalue weighted by Crippen LogP contribution is 2.35. The second-order valence-corrected chi connectivity index (χ2v) is 3.44. The number of alkyl halides is 4. The molecule has 0 aliphatic heterocycles. The zero-order valence-corrected chi connectivity index (χ0v) is 9.00. The molecule has 1 aromatic rings. The van der Waals surface area contributed by atoms with Gasteiger partial charge >= 0.3 is 6.18 Å². The molecule has 0 fully saturated rings. The first kappa shape index (κ1) is 12.4. The van der Waals surface area contributed by atoms with E-state index in [1.807, 2.05) is 0 Å². The minimum atomic E-state index is -4.55. The first-order chi connectivity index (χ1) is 6.96. The van der Waals surface area contributed by atoms with Crippen molar-refractivity contribution >= 4 is 28.8 Å². The lowest BCUT2D eigenvalue weighted by Gasteiger charge is -2.10. The first-order valence-electron chi connectivity index (χ1n) is 4.04. The van der Waals surface area contributed by atoms with Crippen molar-refractivity contribution in [2.24, 2.45) is 0 Å². The number of hydrogen-bond donors (Lipinski definition) is 0. The van der Waals surface area contributed by atoms with E-state index in [0.717, 1.165) is 0 Å². The van der Waals surface area contributed by atoms with E-state index in [9.17, 15) is 13.2 Å². The predicted molar refractivity (Wildman–Crippen MR) is 56.0 cm³/mol. The highest BCUT2D eigenvalue weighted by molar-refractivity contribution is 6.35. The second-order valence-electron chi connectivity index (χ2n) is 2.79. The first-order valence-corrected chi connectivity index (χ1v) is 4.95. The monoisotopic (exact) mass is 254 g/mol. The molecule has 0 spiro atoms. The van der Waals surface area contributed by atoms with Crippen LogP contribution in [0.1, 0.15) is 5.56 Å². The average Bonchev–Trinajstić information content (AvgIpc) is 2.19. The van der Waals surface area contributed by atoms with Crippen LogP contribution in [-0.4, -0.2) is 12.1 Å². The van der Waals surface area contributed by atoms with Crippen molar-refractivity contribution in [2.45, 2.75) is 6.18 Å². The molecule has 0 bridgehead atoms. The van der Waals surface area contributed by atoms with E-state index >= 15 is 0 Å². The van der Waals surface area contributed by atoms with Crippen LogP contribution < -0.4 is 0 Å². The summed E-state index contributed by atoms with van der Waals surface area (Å²) in [7, 11) is 0. The van der Waals surface area contributed by atoms with Gasteiger partial charge < -0.3 is 0 Å². The van der Waals surface area contributed by atoms with E-state index in [2.05, 4.69) is 0 Å². The summed E-state index contributed by atoms with van der Waals surface area (Å²) in [6.45, 7) is 0. The lowest BCUT2D eigenvalue weighted by atomic mass is 10.1. The topological polar surface area (TPSA) is 0 Å². The van der Waals surface area contributed by atoms with Crippen molar-refractivity contribution in [2.75, 3.05) is 5.88 Å². The van der Waals surface area contributed by atoms with Crippen LogP contribution in [0.15, 0.2) is 35.4 Å². The molecule has 0 amide bonds. The molecule has 0 saturated carbocycles. The molecule has 0 nitrogen and oxygen atoms in total. The van der Waals surface area contributed by atoms with Gasteiger partial charge in [-0.3, -0.25) is 0 Å². The molecule has 0 unspecified atom stereocenters. The number of allylic oxidation sites excluding steroid dienone is 2. The summed E-state index contributed by atoms with van der Waals surface area (Å²) in [6, 6.07) is 8.03. The quantitative estimate of drug-likeness (QED) is 0.685. The zero-order chi connectivity index (χ0) is 11.5. The Balaban J connectivity index is 3.20. The SMILES string of the molecule is FC(F)(F)C(Cl)=C(CCl)c1ccccc1. The normalized spacial score (nSPS) is 13.7. The van der Waals surface area contributed by atoms with Crippen LogP contribution in [0, 0.1) is 0 Å². The lowest BCUT2D eigenvalue weighted by molar-refractivity contribution is -0.0840. The molecule has 0 aliphatic rings. The highest BCUT2D eigenvalue weighted by Gasteiger charge is 2.35. The number of halogens is 5. The van der Waals surface area contributed by atoms with Crippen LogP contribution >= 0.6 is 23.2 Å².